The Kier molecular flexibility index (Phi) is 5.50. The van der Waals surface area contributed by atoms with Crippen LogP contribution in [-0.4, -0.2) is 21.2 Å². The molecule has 0 bridgehead atoms. The van der Waals surface area contributed by atoms with Crippen LogP contribution in [0, 0.1) is 5.82 Å². The van der Waals surface area contributed by atoms with E-state index in [2.05, 4.69) is 0 Å². The molecule has 0 radical (unpaired) electrons. The van der Waals surface area contributed by atoms with Gasteiger partial charge in [-0.1, -0.05) is 19.1 Å². The van der Waals surface area contributed by atoms with Crippen molar-refractivity contribution in [2.24, 2.45) is 0 Å². The maximum absolute atomic E-state index is 13.4. The van der Waals surface area contributed by atoms with Crippen LogP contribution in [-0.2, 0) is 9.47 Å². The van der Waals surface area contributed by atoms with Gasteiger partial charge in [-0.05, 0) is 30.4 Å². The zero-order valence-corrected chi connectivity index (χ0v) is 10.1. The van der Waals surface area contributed by atoms with Crippen LogP contribution < -0.4 is 5.46 Å². The van der Waals surface area contributed by atoms with Gasteiger partial charge in [-0.25, -0.2) is 4.39 Å². The van der Waals surface area contributed by atoms with Crippen molar-refractivity contribution >= 4 is 13.3 Å². The number of ether oxygens (including phenoxy) is 2. The second kappa shape index (κ2) is 6.66. The second-order valence-electron chi connectivity index (χ2n) is 3.63. The first-order valence-electron chi connectivity index (χ1n) is 5.65. The highest BCUT2D eigenvalue weighted by molar-refractivity contribution is 6.33. The average Bonchev–Trinajstić information content (AvgIpc) is 2.29. The van der Waals surface area contributed by atoms with Crippen molar-refractivity contribution in [3.05, 3.63) is 29.6 Å². The van der Waals surface area contributed by atoms with Crippen LogP contribution in [0.15, 0.2) is 18.2 Å². The molecule has 0 spiro atoms. The lowest BCUT2D eigenvalue weighted by atomic mass is 9.87. The second-order valence-corrected chi connectivity index (χ2v) is 3.63. The molecule has 88 valence electrons. The summed E-state index contributed by atoms with van der Waals surface area (Å²) in [6.07, 6.45) is 0.708. The van der Waals surface area contributed by atoms with Crippen molar-refractivity contribution in [1.29, 1.82) is 0 Å². The van der Waals surface area contributed by atoms with Gasteiger partial charge in [0, 0.05) is 6.61 Å². The Hall–Kier alpha value is -0.865. The standard InChI is InChI=1S/C12H18BFO2/c1-3-11(16-8-15-4-2)9-6-5-7-10(14)12(9)13/h5-7,11H,3-4,8,13H2,1-2H3/t11-/m1/s1. The summed E-state index contributed by atoms with van der Waals surface area (Å²) in [6.45, 7) is 4.81. The number of hydrogen-bond acceptors (Lipinski definition) is 2. The Labute approximate surface area is 97.2 Å². The van der Waals surface area contributed by atoms with Gasteiger partial charge >= 0.3 is 0 Å². The molecular weight excluding hydrogens is 206 g/mol. The number of halogens is 1. The van der Waals surface area contributed by atoms with Gasteiger partial charge in [0.25, 0.3) is 0 Å². The minimum Gasteiger partial charge on any atom is -0.356 e. The summed E-state index contributed by atoms with van der Waals surface area (Å²) in [5, 5.41) is 0. The van der Waals surface area contributed by atoms with Gasteiger partial charge in [-0.3, -0.25) is 0 Å². The Morgan fingerprint density at radius 3 is 2.75 bits per heavy atom. The quantitative estimate of drug-likeness (QED) is 0.414. The fourth-order valence-electron chi connectivity index (χ4n) is 1.61. The molecule has 0 heterocycles. The van der Waals surface area contributed by atoms with E-state index in [1.54, 1.807) is 13.9 Å². The molecule has 4 heteroatoms. The first-order chi connectivity index (χ1) is 7.70. The first-order valence-corrected chi connectivity index (χ1v) is 5.65. The predicted octanol–water partition coefficient (Wildman–Crippen LogP) is 1.55. The third-order valence-electron chi connectivity index (χ3n) is 2.58. The van der Waals surface area contributed by atoms with Crippen molar-refractivity contribution in [3.63, 3.8) is 0 Å². The van der Waals surface area contributed by atoms with Gasteiger partial charge in [-0.15, -0.1) is 0 Å². The minimum atomic E-state index is -0.184. The Balaban J connectivity index is 2.74. The zero-order chi connectivity index (χ0) is 12.0. The van der Waals surface area contributed by atoms with E-state index in [-0.39, 0.29) is 18.7 Å². The largest absolute Gasteiger partial charge is 0.356 e. The van der Waals surface area contributed by atoms with E-state index in [0.717, 1.165) is 12.0 Å². The smallest absolute Gasteiger partial charge is 0.147 e. The average molecular weight is 224 g/mol. The van der Waals surface area contributed by atoms with E-state index in [9.17, 15) is 4.39 Å². The molecule has 0 N–H and O–H groups in total. The summed E-state index contributed by atoms with van der Waals surface area (Å²) in [6, 6.07) is 5.08. The summed E-state index contributed by atoms with van der Waals surface area (Å²) in [4.78, 5) is 0. The number of hydrogen-bond donors (Lipinski definition) is 0. The molecule has 0 saturated heterocycles. The molecule has 16 heavy (non-hydrogen) atoms. The van der Waals surface area contributed by atoms with Gasteiger partial charge in [0.05, 0.1) is 6.10 Å². The molecule has 0 unspecified atom stereocenters. The van der Waals surface area contributed by atoms with E-state index in [4.69, 9.17) is 9.47 Å². The Morgan fingerprint density at radius 1 is 1.38 bits per heavy atom. The molecule has 2 nitrogen and oxygen atoms in total. The van der Waals surface area contributed by atoms with Gasteiger partial charge in [0.15, 0.2) is 0 Å². The third kappa shape index (κ3) is 3.32. The molecule has 0 aromatic heterocycles. The lowest BCUT2D eigenvalue weighted by Gasteiger charge is -2.18. The molecule has 0 aliphatic rings. The van der Waals surface area contributed by atoms with Crippen LogP contribution in [0.3, 0.4) is 0 Å². The lowest BCUT2D eigenvalue weighted by molar-refractivity contribution is -0.0884. The molecule has 1 aromatic carbocycles. The fourth-order valence-corrected chi connectivity index (χ4v) is 1.61. The fraction of sp³-hybridized carbons (Fsp3) is 0.500. The highest BCUT2D eigenvalue weighted by Crippen LogP contribution is 2.19. The summed E-state index contributed by atoms with van der Waals surface area (Å²) in [7, 11) is 1.78. The molecule has 0 amide bonds. The molecule has 1 rings (SSSR count). The van der Waals surface area contributed by atoms with Crippen LogP contribution in [0.25, 0.3) is 0 Å². The SMILES string of the molecule is Bc1c(F)cccc1[C@@H](CC)OCOCC. The number of rotatable bonds is 6. The van der Waals surface area contributed by atoms with Gasteiger partial charge in [-0.2, -0.15) is 0 Å². The molecule has 0 aliphatic heterocycles. The Bertz CT molecular complexity index is 331. The van der Waals surface area contributed by atoms with Gasteiger partial charge in [0.2, 0.25) is 0 Å². The maximum Gasteiger partial charge on any atom is 0.147 e. The summed E-state index contributed by atoms with van der Waals surface area (Å²) < 4.78 is 24.1. The third-order valence-corrected chi connectivity index (χ3v) is 2.58. The van der Waals surface area contributed by atoms with Crippen LogP contribution in [0.4, 0.5) is 4.39 Å². The minimum absolute atomic E-state index is 0.0951. The normalized spacial score (nSPS) is 12.7. The summed E-state index contributed by atoms with van der Waals surface area (Å²) in [5.74, 6) is -0.184. The van der Waals surface area contributed by atoms with E-state index in [1.807, 2.05) is 19.9 Å². The van der Waals surface area contributed by atoms with E-state index < -0.39 is 0 Å². The van der Waals surface area contributed by atoms with E-state index >= 15 is 0 Å². The lowest BCUT2D eigenvalue weighted by Crippen LogP contribution is -2.20. The molecule has 0 saturated carbocycles. The predicted molar refractivity (Wildman–Crippen MR) is 65.2 cm³/mol. The van der Waals surface area contributed by atoms with Crippen molar-refractivity contribution in [2.45, 2.75) is 26.4 Å². The van der Waals surface area contributed by atoms with Crippen LogP contribution in [0.1, 0.15) is 31.9 Å². The van der Waals surface area contributed by atoms with Crippen molar-refractivity contribution in [2.75, 3.05) is 13.4 Å². The van der Waals surface area contributed by atoms with E-state index in [0.29, 0.717) is 12.1 Å². The van der Waals surface area contributed by atoms with Crippen LogP contribution >= 0.6 is 0 Å². The monoisotopic (exact) mass is 224 g/mol. The van der Waals surface area contributed by atoms with Crippen molar-refractivity contribution in [1.82, 2.24) is 0 Å². The van der Waals surface area contributed by atoms with Crippen molar-refractivity contribution in [3.8, 4) is 0 Å². The van der Waals surface area contributed by atoms with Crippen LogP contribution in [0.2, 0.25) is 0 Å². The molecule has 1 atom stereocenters. The highest BCUT2D eigenvalue weighted by Gasteiger charge is 2.13. The maximum atomic E-state index is 13.4. The molecular formula is C12H18BFO2. The summed E-state index contributed by atoms with van der Waals surface area (Å²) >= 11 is 0. The van der Waals surface area contributed by atoms with Gasteiger partial charge in [0.1, 0.15) is 20.5 Å². The topological polar surface area (TPSA) is 18.5 Å². The Morgan fingerprint density at radius 2 is 2.12 bits per heavy atom. The molecule has 0 fully saturated rings. The van der Waals surface area contributed by atoms with Crippen molar-refractivity contribution < 1.29 is 13.9 Å². The molecule has 0 aliphatic carbocycles. The van der Waals surface area contributed by atoms with Gasteiger partial charge < -0.3 is 9.47 Å². The molecule has 1 aromatic rings. The summed E-state index contributed by atoms with van der Waals surface area (Å²) in [5.41, 5.74) is 1.56. The van der Waals surface area contributed by atoms with Crippen LogP contribution in [0.5, 0.6) is 0 Å². The number of benzene rings is 1. The first kappa shape index (κ1) is 13.2. The highest BCUT2D eigenvalue weighted by atomic mass is 19.1. The zero-order valence-electron chi connectivity index (χ0n) is 10.1. The van der Waals surface area contributed by atoms with E-state index in [1.165, 1.54) is 6.07 Å².